The molecule has 1 aliphatic carbocycles. The van der Waals surface area contributed by atoms with E-state index >= 15 is 0 Å². The van der Waals surface area contributed by atoms with Crippen molar-refractivity contribution in [3.8, 4) is 23.2 Å². The number of nitrogens with zero attached hydrogens (tertiary/aromatic N) is 4. The Hall–Kier alpha value is -3.51. The Bertz CT molecular complexity index is 1250. The van der Waals surface area contributed by atoms with Crippen LogP contribution in [0.25, 0.3) is 22.6 Å². The molecule has 0 spiro atoms. The van der Waals surface area contributed by atoms with Crippen molar-refractivity contribution in [3.63, 3.8) is 0 Å². The number of carbonyl (C=O) groups is 1. The van der Waals surface area contributed by atoms with E-state index in [1.807, 2.05) is 11.5 Å². The number of imidazole rings is 1. The second-order valence-corrected chi connectivity index (χ2v) is 8.60. The van der Waals surface area contributed by atoms with Gasteiger partial charge in [0.15, 0.2) is 17.0 Å². The standard InChI is InChI=1S/C25H29FN6O2/c1-2-28-20(33)10-7-15-32-23(17-8-6-9-18(26)16-17)31-21-22(27)29-19(30-24(21)32)11-14-25(34)12-4-3-5-13-25/h6,8-9,16,34H,2-5,7,10,12-13,15H2,1H3,(H,28,33)(H2,27,29,30). The van der Waals surface area contributed by atoms with Crippen LogP contribution in [0.5, 0.6) is 0 Å². The zero-order chi connectivity index (χ0) is 24.1. The zero-order valence-electron chi connectivity index (χ0n) is 19.3. The van der Waals surface area contributed by atoms with Crippen molar-refractivity contribution in [2.45, 2.75) is 64.0 Å². The third kappa shape index (κ3) is 5.34. The fraction of sp³-hybridized carbons (Fsp3) is 0.440. The lowest BCUT2D eigenvalue weighted by Gasteiger charge is -2.26. The quantitative estimate of drug-likeness (QED) is 0.482. The van der Waals surface area contributed by atoms with Crippen molar-refractivity contribution < 1.29 is 14.3 Å². The van der Waals surface area contributed by atoms with Gasteiger partial charge >= 0.3 is 0 Å². The first kappa shape index (κ1) is 23.6. The van der Waals surface area contributed by atoms with E-state index < -0.39 is 5.60 Å². The Labute approximate surface area is 197 Å². The molecule has 1 fully saturated rings. The van der Waals surface area contributed by atoms with E-state index in [4.69, 9.17) is 5.73 Å². The minimum Gasteiger partial charge on any atom is -0.382 e. The van der Waals surface area contributed by atoms with E-state index in [0.717, 1.165) is 19.3 Å². The number of benzene rings is 1. The third-order valence-electron chi connectivity index (χ3n) is 5.95. The summed E-state index contributed by atoms with van der Waals surface area (Å²) in [5, 5.41) is 13.5. The number of halogens is 1. The fourth-order valence-electron chi connectivity index (χ4n) is 4.25. The topological polar surface area (TPSA) is 119 Å². The molecule has 0 saturated heterocycles. The molecule has 4 N–H and O–H groups in total. The van der Waals surface area contributed by atoms with Gasteiger partial charge < -0.3 is 20.7 Å². The first-order valence-electron chi connectivity index (χ1n) is 11.7. The molecule has 9 heteroatoms. The van der Waals surface area contributed by atoms with E-state index in [-0.39, 0.29) is 23.4 Å². The Morgan fingerprint density at radius 3 is 2.79 bits per heavy atom. The first-order chi connectivity index (χ1) is 16.4. The Kier molecular flexibility index (Phi) is 7.08. The molecule has 2 aromatic heterocycles. The smallest absolute Gasteiger partial charge is 0.220 e. The maximum absolute atomic E-state index is 14.0. The van der Waals surface area contributed by atoms with Gasteiger partial charge in [-0.05, 0) is 57.1 Å². The molecule has 34 heavy (non-hydrogen) atoms. The molecule has 1 aromatic carbocycles. The normalized spacial score (nSPS) is 15.0. The lowest BCUT2D eigenvalue weighted by molar-refractivity contribution is -0.121. The van der Waals surface area contributed by atoms with Crippen LogP contribution in [0.2, 0.25) is 0 Å². The molecule has 4 rings (SSSR count). The number of nitrogens with one attached hydrogen (secondary N) is 1. The van der Waals surface area contributed by atoms with Gasteiger partial charge in [0.25, 0.3) is 0 Å². The number of aryl methyl sites for hydroxylation is 1. The van der Waals surface area contributed by atoms with E-state index in [9.17, 15) is 14.3 Å². The summed E-state index contributed by atoms with van der Waals surface area (Å²) in [5.74, 6) is 6.25. The van der Waals surface area contributed by atoms with Crippen molar-refractivity contribution in [2.24, 2.45) is 0 Å². The molecule has 3 aromatic rings. The van der Waals surface area contributed by atoms with Gasteiger partial charge in [0.1, 0.15) is 17.2 Å². The van der Waals surface area contributed by atoms with Crippen LogP contribution in [0.15, 0.2) is 24.3 Å². The van der Waals surface area contributed by atoms with Crippen LogP contribution >= 0.6 is 0 Å². The molecule has 0 atom stereocenters. The van der Waals surface area contributed by atoms with Crippen LogP contribution in [0.4, 0.5) is 10.2 Å². The zero-order valence-corrected chi connectivity index (χ0v) is 19.3. The Morgan fingerprint density at radius 1 is 1.26 bits per heavy atom. The minimum atomic E-state index is -1.04. The van der Waals surface area contributed by atoms with Gasteiger partial charge in [-0.1, -0.05) is 24.5 Å². The number of aromatic nitrogens is 4. The average Bonchev–Trinajstić information content (AvgIpc) is 3.18. The summed E-state index contributed by atoms with van der Waals surface area (Å²) in [5.41, 5.74) is 6.59. The molecule has 1 amide bonds. The minimum absolute atomic E-state index is 0.0411. The summed E-state index contributed by atoms with van der Waals surface area (Å²) in [6.45, 7) is 2.86. The summed E-state index contributed by atoms with van der Waals surface area (Å²) >= 11 is 0. The second kappa shape index (κ2) is 10.2. The van der Waals surface area contributed by atoms with Crippen molar-refractivity contribution in [1.82, 2.24) is 24.8 Å². The molecule has 8 nitrogen and oxygen atoms in total. The van der Waals surface area contributed by atoms with Crippen molar-refractivity contribution >= 4 is 22.9 Å². The highest BCUT2D eigenvalue weighted by Gasteiger charge is 2.27. The number of hydrogen-bond acceptors (Lipinski definition) is 6. The lowest BCUT2D eigenvalue weighted by Crippen LogP contribution is -2.29. The van der Waals surface area contributed by atoms with Gasteiger partial charge in [-0.15, -0.1) is 0 Å². The van der Waals surface area contributed by atoms with E-state index in [1.165, 1.54) is 12.1 Å². The predicted octanol–water partition coefficient (Wildman–Crippen LogP) is 3.18. The van der Waals surface area contributed by atoms with Gasteiger partial charge in [-0.2, -0.15) is 0 Å². The number of fused-ring (bicyclic) bond motifs is 1. The highest BCUT2D eigenvalue weighted by molar-refractivity contribution is 5.86. The molecule has 0 unspecified atom stereocenters. The highest BCUT2D eigenvalue weighted by atomic mass is 19.1. The molecule has 0 bridgehead atoms. The average molecular weight is 465 g/mol. The summed E-state index contributed by atoms with van der Waals surface area (Å²) < 4.78 is 15.8. The van der Waals surface area contributed by atoms with Crippen LogP contribution in [-0.2, 0) is 11.3 Å². The molecule has 178 valence electrons. The fourth-order valence-corrected chi connectivity index (χ4v) is 4.25. The van der Waals surface area contributed by atoms with Gasteiger partial charge in [-0.3, -0.25) is 4.79 Å². The number of anilines is 1. The maximum Gasteiger partial charge on any atom is 0.220 e. The highest BCUT2D eigenvalue weighted by Crippen LogP contribution is 2.29. The number of amides is 1. The molecular weight excluding hydrogens is 435 g/mol. The van der Waals surface area contributed by atoms with Crippen LogP contribution in [0.1, 0.15) is 57.7 Å². The number of rotatable bonds is 6. The van der Waals surface area contributed by atoms with Gasteiger partial charge in [-0.25, -0.2) is 19.3 Å². The van der Waals surface area contributed by atoms with Crippen LogP contribution in [0, 0.1) is 17.7 Å². The van der Waals surface area contributed by atoms with Crippen LogP contribution in [0.3, 0.4) is 0 Å². The summed E-state index contributed by atoms with van der Waals surface area (Å²) in [7, 11) is 0. The van der Waals surface area contributed by atoms with Gasteiger partial charge in [0.2, 0.25) is 11.7 Å². The molecule has 2 heterocycles. The van der Waals surface area contributed by atoms with Crippen molar-refractivity contribution in [2.75, 3.05) is 12.3 Å². The van der Waals surface area contributed by atoms with E-state index in [1.54, 1.807) is 12.1 Å². The molecule has 0 radical (unpaired) electrons. The Morgan fingerprint density at radius 2 is 2.06 bits per heavy atom. The summed E-state index contributed by atoms with van der Waals surface area (Å²) in [4.78, 5) is 25.4. The van der Waals surface area contributed by atoms with Gasteiger partial charge in [0, 0.05) is 25.1 Å². The molecule has 1 aliphatic rings. The van der Waals surface area contributed by atoms with E-state index in [2.05, 4.69) is 32.1 Å². The molecule has 1 saturated carbocycles. The van der Waals surface area contributed by atoms with Crippen molar-refractivity contribution in [3.05, 3.63) is 35.9 Å². The molecule has 0 aliphatic heterocycles. The number of nitrogens with two attached hydrogens (primary N) is 1. The Balaban J connectivity index is 1.74. The monoisotopic (exact) mass is 464 g/mol. The lowest BCUT2D eigenvalue weighted by atomic mass is 9.85. The first-order valence-corrected chi connectivity index (χ1v) is 11.7. The third-order valence-corrected chi connectivity index (χ3v) is 5.95. The SMILES string of the molecule is CCNC(=O)CCCn1c(-c2cccc(F)c2)nc2c(N)nc(C#CC3(O)CCCCC3)nc21. The predicted molar refractivity (Wildman–Crippen MR) is 128 cm³/mol. The largest absolute Gasteiger partial charge is 0.382 e. The number of aliphatic hydroxyl groups is 1. The van der Waals surface area contributed by atoms with Crippen LogP contribution in [-0.4, -0.2) is 42.7 Å². The summed E-state index contributed by atoms with van der Waals surface area (Å²) in [6.07, 6.45) is 5.07. The van der Waals surface area contributed by atoms with Gasteiger partial charge in [0.05, 0.1) is 0 Å². The second-order valence-electron chi connectivity index (χ2n) is 8.60. The molecular formula is C25H29FN6O2. The summed E-state index contributed by atoms with van der Waals surface area (Å²) in [6, 6.07) is 6.13. The van der Waals surface area contributed by atoms with Crippen LogP contribution < -0.4 is 11.1 Å². The number of carbonyl (C=O) groups excluding carboxylic acids is 1. The maximum atomic E-state index is 14.0. The number of nitrogen functional groups attached to an aromatic ring is 1. The van der Waals surface area contributed by atoms with E-state index in [0.29, 0.717) is 61.3 Å². The number of hydrogen-bond donors (Lipinski definition) is 3. The van der Waals surface area contributed by atoms with Crippen molar-refractivity contribution in [1.29, 1.82) is 0 Å².